The number of hydrogen-bond donors (Lipinski definition) is 1. The standard InChI is InChI=1S/C27H28N6O4/c1-18-15-33(19(2)17-34)26(35)22-12-20(7-8-21-6-4-5-9-29-21)13-31-25(22)37-24(18)16-32(3)27(36)23-14-28-10-11-30-23/h4-6,9-14,18-19,24,34H,15-17H2,1-3H3/t18-,19-,24-/m1/s1. The Labute approximate surface area is 215 Å². The summed E-state index contributed by atoms with van der Waals surface area (Å²) in [6, 6.07) is 6.65. The van der Waals surface area contributed by atoms with Crippen molar-refractivity contribution in [1.82, 2.24) is 29.7 Å². The number of likely N-dealkylation sites (N-methyl/N-ethyl adjacent to an activating group) is 1. The van der Waals surface area contributed by atoms with Gasteiger partial charge in [0.05, 0.1) is 25.4 Å². The second-order valence-corrected chi connectivity index (χ2v) is 8.94. The molecule has 0 spiro atoms. The molecule has 0 saturated heterocycles. The van der Waals surface area contributed by atoms with Crippen LogP contribution in [0.1, 0.15) is 46.0 Å². The van der Waals surface area contributed by atoms with E-state index >= 15 is 0 Å². The summed E-state index contributed by atoms with van der Waals surface area (Å²) >= 11 is 0. The predicted molar refractivity (Wildman–Crippen MR) is 135 cm³/mol. The number of aromatic nitrogens is 4. The molecule has 0 bridgehead atoms. The van der Waals surface area contributed by atoms with Crippen molar-refractivity contribution < 1.29 is 19.4 Å². The average molecular weight is 501 g/mol. The van der Waals surface area contributed by atoms with E-state index in [0.29, 0.717) is 17.8 Å². The SMILES string of the molecule is C[C@@H]1CN([C@H](C)CO)C(=O)c2cc(C#Cc3ccccn3)cnc2O[C@@H]1CN(C)C(=O)c1cnccn1. The summed E-state index contributed by atoms with van der Waals surface area (Å²) < 4.78 is 6.24. The second-order valence-electron chi connectivity index (χ2n) is 8.94. The van der Waals surface area contributed by atoms with E-state index in [1.807, 2.05) is 13.0 Å². The number of aliphatic hydroxyl groups excluding tert-OH is 1. The number of rotatable bonds is 5. The van der Waals surface area contributed by atoms with Crippen molar-refractivity contribution in [3.05, 3.63) is 77.8 Å². The molecule has 0 aliphatic carbocycles. The Morgan fingerprint density at radius 2 is 2.05 bits per heavy atom. The molecule has 0 aromatic carbocycles. The van der Waals surface area contributed by atoms with Crippen LogP contribution in [-0.2, 0) is 0 Å². The Bertz CT molecular complexity index is 1310. The molecular weight excluding hydrogens is 472 g/mol. The Morgan fingerprint density at radius 3 is 2.76 bits per heavy atom. The van der Waals surface area contributed by atoms with Crippen molar-refractivity contribution in [3.8, 4) is 17.7 Å². The number of ether oxygens (including phenoxy) is 1. The topological polar surface area (TPSA) is 122 Å². The molecule has 1 aliphatic rings. The predicted octanol–water partition coefficient (Wildman–Crippen LogP) is 1.66. The lowest BCUT2D eigenvalue weighted by atomic mass is 9.99. The average Bonchev–Trinajstić information content (AvgIpc) is 2.94. The fraction of sp³-hybridized carbons (Fsp3) is 0.333. The monoisotopic (exact) mass is 500 g/mol. The molecule has 4 rings (SSSR count). The normalized spacial score (nSPS) is 17.8. The number of fused-ring (bicyclic) bond motifs is 1. The third kappa shape index (κ3) is 6.08. The maximum atomic E-state index is 13.5. The summed E-state index contributed by atoms with van der Waals surface area (Å²) in [5.74, 6) is 5.34. The second kappa shape index (κ2) is 11.6. The minimum absolute atomic E-state index is 0.153. The molecule has 4 heterocycles. The van der Waals surface area contributed by atoms with Crippen molar-refractivity contribution in [3.63, 3.8) is 0 Å². The van der Waals surface area contributed by atoms with E-state index in [2.05, 4.69) is 31.8 Å². The molecule has 10 heteroatoms. The van der Waals surface area contributed by atoms with Crippen molar-refractivity contribution in [1.29, 1.82) is 0 Å². The lowest BCUT2D eigenvalue weighted by Crippen LogP contribution is -2.50. The van der Waals surface area contributed by atoms with Crippen LogP contribution in [-0.4, -0.2) is 85.5 Å². The number of nitrogens with zero attached hydrogens (tertiary/aromatic N) is 6. The van der Waals surface area contributed by atoms with Crippen LogP contribution in [0.3, 0.4) is 0 Å². The van der Waals surface area contributed by atoms with E-state index in [4.69, 9.17) is 4.74 Å². The van der Waals surface area contributed by atoms with Crippen LogP contribution in [0.2, 0.25) is 0 Å². The fourth-order valence-corrected chi connectivity index (χ4v) is 3.92. The van der Waals surface area contributed by atoms with Gasteiger partial charge in [0.15, 0.2) is 0 Å². The smallest absolute Gasteiger partial charge is 0.273 e. The summed E-state index contributed by atoms with van der Waals surface area (Å²) in [6.45, 7) is 4.07. The van der Waals surface area contributed by atoms with Crippen LogP contribution in [0, 0.1) is 17.8 Å². The fourth-order valence-electron chi connectivity index (χ4n) is 3.92. The molecule has 2 amide bonds. The summed E-state index contributed by atoms with van der Waals surface area (Å²) in [5, 5.41) is 9.84. The third-order valence-corrected chi connectivity index (χ3v) is 6.10. The molecule has 190 valence electrons. The molecule has 0 radical (unpaired) electrons. The first kappa shape index (κ1) is 25.7. The minimum Gasteiger partial charge on any atom is -0.472 e. The van der Waals surface area contributed by atoms with Crippen LogP contribution in [0.25, 0.3) is 0 Å². The molecule has 0 unspecified atom stereocenters. The molecule has 0 fully saturated rings. The number of aliphatic hydroxyl groups is 1. The first-order chi connectivity index (χ1) is 17.9. The molecule has 0 saturated carbocycles. The van der Waals surface area contributed by atoms with Crippen molar-refractivity contribution in [2.45, 2.75) is 26.0 Å². The zero-order valence-corrected chi connectivity index (χ0v) is 20.9. The highest BCUT2D eigenvalue weighted by atomic mass is 16.5. The maximum Gasteiger partial charge on any atom is 0.273 e. The van der Waals surface area contributed by atoms with Gasteiger partial charge in [0.1, 0.15) is 23.1 Å². The molecule has 10 nitrogen and oxygen atoms in total. The summed E-state index contributed by atoms with van der Waals surface area (Å²) in [4.78, 5) is 46.2. The molecule has 1 N–H and O–H groups in total. The number of carbonyl (C=O) groups excluding carboxylic acids is 2. The largest absolute Gasteiger partial charge is 0.472 e. The molecule has 1 aliphatic heterocycles. The van der Waals surface area contributed by atoms with Crippen molar-refractivity contribution >= 4 is 11.8 Å². The first-order valence-electron chi connectivity index (χ1n) is 11.9. The van der Waals surface area contributed by atoms with Gasteiger partial charge in [-0.1, -0.05) is 18.9 Å². The minimum atomic E-state index is -0.483. The quantitative estimate of drug-likeness (QED) is 0.525. The number of hydrogen-bond acceptors (Lipinski definition) is 8. The maximum absolute atomic E-state index is 13.5. The Morgan fingerprint density at radius 1 is 1.22 bits per heavy atom. The van der Waals surface area contributed by atoms with Gasteiger partial charge in [0, 0.05) is 49.9 Å². The third-order valence-electron chi connectivity index (χ3n) is 6.10. The van der Waals surface area contributed by atoms with E-state index < -0.39 is 12.1 Å². The van der Waals surface area contributed by atoms with E-state index in [0.717, 1.165) is 0 Å². The molecule has 3 aromatic heterocycles. The van der Waals surface area contributed by atoms with Crippen LogP contribution in [0.5, 0.6) is 5.88 Å². The number of amides is 2. The summed E-state index contributed by atoms with van der Waals surface area (Å²) in [6.07, 6.45) is 7.09. The van der Waals surface area contributed by atoms with Gasteiger partial charge in [0.25, 0.3) is 11.8 Å². The van der Waals surface area contributed by atoms with Crippen molar-refractivity contribution in [2.75, 3.05) is 26.7 Å². The highest BCUT2D eigenvalue weighted by molar-refractivity contribution is 5.97. The highest BCUT2D eigenvalue weighted by Gasteiger charge is 2.35. The summed E-state index contributed by atoms with van der Waals surface area (Å²) in [5.41, 5.74) is 1.59. The number of pyridine rings is 2. The van der Waals surface area contributed by atoms with Gasteiger partial charge in [-0.25, -0.2) is 15.0 Å². The lowest BCUT2D eigenvalue weighted by molar-refractivity contribution is 0.0312. The van der Waals surface area contributed by atoms with Gasteiger partial charge in [0.2, 0.25) is 5.88 Å². The van der Waals surface area contributed by atoms with Gasteiger partial charge >= 0.3 is 0 Å². The molecule has 3 atom stereocenters. The van der Waals surface area contributed by atoms with Gasteiger partial charge < -0.3 is 19.6 Å². The van der Waals surface area contributed by atoms with Gasteiger partial charge in [-0.3, -0.25) is 14.6 Å². The molecular formula is C27H28N6O4. The molecule has 3 aromatic rings. The zero-order chi connectivity index (χ0) is 26.4. The van der Waals surface area contributed by atoms with E-state index in [-0.39, 0.29) is 48.0 Å². The van der Waals surface area contributed by atoms with Gasteiger partial charge in [-0.05, 0) is 31.0 Å². The Balaban J connectivity index is 1.65. The van der Waals surface area contributed by atoms with E-state index in [9.17, 15) is 14.7 Å². The Kier molecular flexibility index (Phi) is 8.05. The highest BCUT2D eigenvalue weighted by Crippen LogP contribution is 2.27. The van der Waals surface area contributed by atoms with E-state index in [1.54, 1.807) is 49.5 Å². The number of carbonyl (C=O) groups is 2. The Hall–Kier alpha value is -4.36. The van der Waals surface area contributed by atoms with Crippen LogP contribution < -0.4 is 4.74 Å². The lowest BCUT2D eigenvalue weighted by Gasteiger charge is -2.37. The van der Waals surface area contributed by atoms with Crippen molar-refractivity contribution in [2.24, 2.45) is 5.92 Å². The van der Waals surface area contributed by atoms with Gasteiger partial charge in [-0.15, -0.1) is 0 Å². The van der Waals surface area contributed by atoms with Gasteiger partial charge in [-0.2, -0.15) is 0 Å². The van der Waals surface area contributed by atoms with Crippen LogP contribution in [0.4, 0.5) is 0 Å². The first-order valence-corrected chi connectivity index (χ1v) is 11.9. The van der Waals surface area contributed by atoms with Crippen LogP contribution >= 0.6 is 0 Å². The zero-order valence-electron chi connectivity index (χ0n) is 20.9. The van der Waals surface area contributed by atoms with Crippen LogP contribution in [0.15, 0.2) is 55.2 Å². The summed E-state index contributed by atoms with van der Waals surface area (Å²) in [7, 11) is 1.66. The molecule has 37 heavy (non-hydrogen) atoms. The van der Waals surface area contributed by atoms with E-state index in [1.165, 1.54) is 23.5 Å².